The van der Waals surface area contributed by atoms with Gasteiger partial charge in [0.2, 0.25) is 0 Å². The minimum Gasteiger partial charge on any atom is -0.477 e. The van der Waals surface area contributed by atoms with Gasteiger partial charge in [-0.05, 0) is 41.2 Å². The van der Waals surface area contributed by atoms with Crippen LogP contribution in [0, 0.1) is 0 Å². The lowest BCUT2D eigenvalue weighted by Gasteiger charge is -2.11. The summed E-state index contributed by atoms with van der Waals surface area (Å²) in [6, 6.07) is 14.4. The van der Waals surface area contributed by atoms with E-state index in [0.717, 1.165) is 41.3 Å². The molecular formula is C20H21NO2. The summed E-state index contributed by atoms with van der Waals surface area (Å²) in [4.78, 5) is 14.7. The molecule has 23 heavy (non-hydrogen) atoms. The third-order valence-electron chi connectivity index (χ3n) is 4.33. The number of nitrogens with one attached hydrogen (secondary N) is 1. The van der Waals surface area contributed by atoms with Crippen molar-refractivity contribution in [3.8, 4) is 11.1 Å². The third-order valence-corrected chi connectivity index (χ3v) is 4.33. The van der Waals surface area contributed by atoms with E-state index in [1.807, 2.05) is 18.2 Å². The summed E-state index contributed by atoms with van der Waals surface area (Å²) in [5.41, 5.74) is 5.72. The average Bonchev–Trinajstić information content (AvgIpc) is 2.94. The van der Waals surface area contributed by atoms with Crippen LogP contribution in [-0.4, -0.2) is 16.1 Å². The first kappa shape index (κ1) is 15.3. The number of aromatic nitrogens is 1. The summed E-state index contributed by atoms with van der Waals surface area (Å²) in [6.07, 6.45) is 2.62. The molecule has 0 saturated carbocycles. The second kappa shape index (κ2) is 6.29. The Labute approximate surface area is 136 Å². The fourth-order valence-electron chi connectivity index (χ4n) is 3.32. The van der Waals surface area contributed by atoms with Crippen LogP contribution in [0.15, 0.2) is 42.5 Å². The highest BCUT2D eigenvalue weighted by Gasteiger charge is 2.19. The lowest BCUT2D eigenvalue weighted by molar-refractivity contribution is 0.0690. The molecule has 2 aromatic carbocycles. The largest absolute Gasteiger partial charge is 0.477 e. The Balaban J connectivity index is 2.35. The van der Waals surface area contributed by atoms with Crippen LogP contribution < -0.4 is 0 Å². The molecule has 0 unspecified atom stereocenters. The summed E-state index contributed by atoms with van der Waals surface area (Å²) in [7, 11) is 0. The highest BCUT2D eigenvalue weighted by molar-refractivity contribution is 6.04. The standard InChI is InChI=1S/C20H21NO2/c1-3-8-16-18-15(14-10-6-5-9-13(14)4-2)11-7-12-17(18)21-19(16)20(22)23/h5-7,9-12,21H,3-4,8H2,1-2H3,(H,22,23). The maximum absolute atomic E-state index is 11.6. The number of aromatic amines is 1. The number of carbonyl (C=O) groups is 1. The molecule has 0 aliphatic carbocycles. The summed E-state index contributed by atoms with van der Waals surface area (Å²) in [5.74, 6) is -0.889. The van der Waals surface area contributed by atoms with Crippen LogP contribution in [0.2, 0.25) is 0 Å². The summed E-state index contributed by atoms with van der Waals surface area (Å²) in [6.45, 7) is 4.22. The van der Waals surface area contributed by atoms with Crippen molar-refractivity contribution in [1.82, 2.24) is 4.98 Å². The van der Waals surface area contributed by atoms with E-state index in [0.29, 0.717) is 5.69 Å². The number of aryl methyl sites for hydroxylation is 2. The number of aromatic carboxylic acids is 1. The smallest absolute Gasteiger partial charge is 0.352 e. The van der Waals surface area contributed by atoms with Gasteiger partial charge in [-0.25, -0.2) is 4.79 Å². The normalized spacial score (nSPS) is 11.0. The number of fused-ring (bicyclic) bond motifs is 1. The second-order valence-corrected chi connectivity index (χ2v) is 5.77. The molecule has 1 aromatic heterocycles. The minimum absolute atomic E-state index is 0.322. The number of H-pyrrole nitrogens is 1. The number of carboxylic acids is 1. The zero-order valence-electron chi connectivity index (χ0n) is 13.5. The zero-order valence-corrected chi connectivity index (χ0v) is 13.5. The number of hydrogen-bond donors (Lipinski definition) is 2. The van der Waals surface area contributed by atoms with E-state index in [-0.39, 0.29) is 0 Å². The van der Waals surface area contributed by atoms with E-state index in [2.05, 4.69) is 43.1 Å². The topological polar surface area (TPSA) is 53.1 Å². The molecule has 3 aromatic rings. The molecule has 0 radical (unpaired) electrons. The van der Waals surface area contributed by atoms with Gasteiger partial charge in [0.05, 0.1) is 0 Å². The van der Waals surface area contributed by atoms with E-state index in [4.69, 9.17) is 0 Å². The van der Waals surface area contributed by atoms with Gasteiger partial charge in [-0.2, -0.15) is 0 Å². The van der Waals surface area contributed by atoms with E-state index in [9.17, 15) is 9.90 Å². The SMILES string of the molecule is CCCc1c(C(=O)O)[nH]c2cccc(-c3ccccc3CC)c12. The van der Waals surface area contributed by atoms with Crippen molar-refractivity contribution in [2.75, 3.05) is 0 Å². The molecule has 1 heterocycles. The fraction of sp³-hybridized carbons (Fsp3) is 0.250. The van der Waals surface area contributed by atoms with Gasteiger partial charge >= 0.3 is 5.97 Å². The monoisotopic (exact) mass is 307 g/mol. The molecule has 0 aliphatic rings. The van der Waals surface area contributed by atoms with Gasteiger partial charge < -0.3 is 10.1 Å². The van der Waals surface area contributed by atoms with Gasteiger partial charge in [-0.1, -0.05) is 56.7 Å². The van der Waals surface area contributed by atoms with Crippen LogP contribution in [0.3, 0.4) is 0 Å². The lowest BCUT2D eigenvalue weighted by Crippen LogP contribution is -2.01. The summed E-state index contributed by atoms with van der Waals surface area (Å²) < 4.78 is 0. The van der Waals surface area contributed by atoms with Gasteiger partial charge in [-0.15, -0.1) is 0 Å². The first-order valence-electron chi connectivity index (χ1n) is 8.12. The van der Waals surface area contributed by atoms with Gasteiger partial charge in [0, 0.05) is 10.9 Å². The van der Waals surface area contributed by atoms with Crippen LogP contribution in [0.4, 0.5) is 0 Å². The van der Waals surface area contributed by atoms with Crippen molar-refractivity contribution in [3.05, 3.63) is 59.3 Å². The van der Waals surface area contributed by atoms with Gasteiger partial charge in [0.15, 0.2) is 0 Å². The van der Waals surface area contributed by atoms with Crippen molar-refractivity contribution in [1.29, 1.82) is 0 Å². The molecule has 0 fully saturated rings. The van der Waals surface area contributed by atoms with Gasteiger partial charge in [0.1, 0.15) is 5.69 Å². The van der Waals surface area contributed by atoms with Crippen molar-refractivity contribution in [3.63, 3.8) is 0 Å². The molecule has 0 saturated heterocycles. The minimum atomic E-state index is -0.889. The summed E-state index contributed by atoms with van der Waals surface area (Å²) >= 11 is 0. The number of carboxylic acid groups (broad SMARTS) is 1. The zero-order chi connectivity index (χ0) is 16.4. The van der Waals surface area contributed by atoms with Crippen LogP contribution >= 0.6 is 0 Å². The maximum atomic E-state index is 11.6. The Kier molecular flexibility index (Phi) is 4.20. The molecule has 0 aliphatic heterocycles. The Morgan fingerprint density at radius 1 is 1.04 bits per heavy atom. The van der Waals surface area contributed by atoms with E-state index in [1.165, 1.54) is 11.1 Å². The molecule has 0 atom stereocenters. The van der Waals surface area contributed by atoms with Crippen LogP contribution in [0.1, 0.15) is 41.9 Å². The Hall–Kier alpha value is -2.55. The van der Waals surface area contributed by atoms with Crippen LogP contribution in [0.5, 0.6) is 0 Å². The number of hydrogen-bond acceptors (Lipinski definition) is 1. The maximum Gasteiger partial charge on any atom is 0.352 e. The van der Waals surface area contributed by atoms with Gasteiger partial charge in [-0.3, -0.25) is 0 Å². The van der Waals surface area contributed by atoms with Crippen molar-refractivity contribution in [2.45, 2.75) is 33.1 Å². The van der Waals surface area contributed by atoms with E-state index >= 15 is 0 Å². The van der Waals surface area contributed by atoms with E-state index < -0.39 is 5.97 Å². The molecule has 0 amide bonds. The Morgan fingerprint density at radius 2 is 1.78 bits per heavy atom. The highest BCUT2D eigenvalue weighted by Crippen LogP contribution is 2.35. The number of rotatable bonds is 5. The van der Waals surface area contributed by atoms with Crippen molar-refractivity contribution >= 4 is 16.9 Å². The molecule has 3 rings (SSSR count). The van der Waals surface area contributed by atoms with Gasteiger partial charge in [0.25, 0.3) is 0 Å². The quantitative estimate of drug-likeness (QED) is 0.693. The molecule has 2 N–H and O–H groups in total. The first-order valence-corrected chi connectivity index (χ1v) is 8.12. The molecular weight excluding hydrogens is 286 g/mol. The second-order valence-electron chi connectivity index (χ2n) is 5.77. The highest BCUT2D eigenvalue weighted by atomic mass is 16.4. The molecule has 0 bridgehead atoms. The summed E-state index contributed by atoms with van der Waals surface area (Å²) in [5, 5.41) is 10.6. The number of benzene rings is 2. The predicted molar refractivity (Wildman–Crippen MR) is 94.1 cm³/mol. The molecule has 3 nitrogen and oxygen atoms in total. The molecule has 3 heteroatoms. The predicted octanol–water partition coefficient (Wildman–Crippen LogP) is 5.05. The molecule has 118 valence electrons. The first-order chi connectivity index (χ1) is 11.2. The fourth-order valence-corrected chi connectivity index (χ4v) is 3.32. The van der Waals surface area contributed by atoms with Crippen LogP contribution in [0.25, 0.3) is 22.0 Å². The average molecular weight is 307 g/mol. The van der Waals surface area contributed by atoms with Crippen molar-refractivity contribution < 1.29 is 9.90 Å². The Morgan fingerprint density at radius 3 is 2.48 bits per heavy atom. The third kappa shape index (κ3) is 2.63. The van der Waals surface area contributed by atoms with Crippen LogP contribution in [-0.2, 0) is 12.8 Å². The Bertz CT molecular complexity index is 861. The van der Waals surface area contributed by atoms with Crippen molar-refractivity contribution in [2.24, 2.45) is 0 Å². The molecule has 0 spiro atoms. The van der Waals surface area contributed by atoms with E-state index in [1.54, 1.807) is 0 Å². The lowest BCUT2D eigenvalue weighted by atomic mass is 9.92.